The summed E-state index contributed by atoms with van der Waals surface area (Å²) in [6.45, 7) is 3.46. The summed E-state index contributed by atoms with van der Waals surface area (Å²) in [7, 11) is 1.38. The fourth-order valence-corrected chi connectivity index (χ4v) is 2.92. The minimum atomic E-state index is -2.92. The molecule has 144 valence electrons. The number of benzene rings is 1. The number of methoxy groups -OCH3 is 1. The third-order valence-electron chi connectivity index (χ3n) is 4.92. The van der Waals surface area contributed by atoms with Crippen LogP contribution in [0.4, 0.5) is 8.78 Å². The fourth-order valence-electron chi connectivity index (χ4n) is 2.92. The van der Waals surface area contributed by atoms with Crippen LogP contribution < -0.4 is 9.47 Å². The Hall–Kier alpha value is -2.11. The maximum Gasteiger partial charge on any atom is 0.387 e. The van der Waals surface area contributed by atoms with E-state index in [-0.39, 0.29) is 23.4 Å². The van der Waals surface area contributed by atoms with Gasteiger partial charge in [-0.25, -0.2) is 0 Å². The number of carbonyl (C=O) groups excluding carboxylic acids is 1. The smallest absolute Gasteiger partial charge is 0.387 e. The Balaban J connectivity index is 2.13. The van der Waals surface area contributed by atoms with Crippen LogP contribution in [0.1, 0.15) is 45.6 Å². The molecule has 0 bridgehead atoms. The highest BCUT2D eigenvalue weighted by atomic mass is 19.3. The van der Waals surface area contributed by atoms with Crippen molar-refractivity contribution >= 4 is 12.0 Å². The zero-order chi connectivity index (χ0) is 19.3. The summed E-state index contributed by atoms with van der Waals surface area (Å²) in [5.41, 5.74) is 0.684. The van der Waals surface area contributed by atoms with Crippen LogP contribution in [0.15, 0.2) is 24.3 Å². The number of nitrogens with zero attached hydrogens (tertiary/aromatic N) is 1. The molecule has 1 aromatic carbocycles. The maximum absolute atomic E-state index is 12.7. The molecule has 1 aliphatic rings. The monoisotopic (exact) mass is 367 g/mol. The predicted octanol–water partition coefficient (Wildman–Crippen LogP) is 4.74. The lowest BCUT2D eigenvalue weighted by Crippen LogP contribution is -2.42. The topological polar surface area (TPSA) is 38.8 Å². The zero-order valence-electron chi connectivity index (χ0n) is 15.7. The standard InChI is InChI=1S/C20H27F2NO3/c1-5-13(2)14(3)23(16-8-9-16)19(24)11-7-15-6-10-17(26-20(21)22)18(12-15)25-4/h6-7,10-14,16,20H,5,8-9H2,1-4H3. The Bertz CT molecular complexity index is 644. The molecule has 2 unspecified atom stereocenters. The number of amides is 1. The summed E-state index contributed by atoms with van der Waals surface area (Å²) in [6.07, 6.45) is 6.33. The average molecular weight is 367 g/mol. The molecule has 0 aromatic heterocycles. The summed E-state index contributed by atoms with van der Waals surface area (Å²) >= 11 is 0. The van der Waals surface area contributed by atoms with Gasteiger partial charge in [-0.2, -0.15) is 8.78 Å². The number of hydrogen-bond acceptors (Lipinski definition) is 3. The summed E-state index contributed by atoms with van der Waals surface area (Å²) in [5, 5.41) is 0. The van der Waals surface area contributed by atoms with Gasteiger partial charge in [0.1, 0.15) is 0 Å². The van der Waals surface area contributed by atoms with Crippen LogP contribution in [-0.4, -0.2) is 36.6 Å². The van der Waals surface area contributed by atoms with Crippen molar-refractivity contribution in [3.05, 3.63) is 29.8 Å². The molecular weight excluding hydrogens is 340 g/mol. The lowest BCUT2D eigenvalue weighted by atomic mass is 9.99. The Morgan fingerprint density at radius 3 is 2.54 bits per heavy atom. The largest absolute Gasteiger partial charge is 0.493 e. The molecule has 2 rings (SSSR count). The lowest BCUT2D eigenvalue weighted by Gasteiger charge is -2.32. The molecule has 4 nitrogen and oxygen atoms in total. The minimum Gasteiger partial charge on any atom is -0.493 e. The maximum atomic E-state index is 12.7. The molecule has 0 saturated heterocycles. The van der Waals surface area contributed by atoms with Crippen molar-refractivity contribution in [3.63, 3.8) is 0 Å². The minimum absolute atomic E-state index is 0.0211. The third-order valence-corrected chi connectivity index (χ3v) is 4.92. The molecule has 0 spiro atoms. The van der Waals surface area contributed by atoms with Crippen LogP contribution in [0.5, 0.6) is 11.5 Å². The van der Waals surface area contributed by atoms with Gasteiger partial charge >= 0.3 is 6.61 Å². The predicted molar refractivity (Wildman–Crippen MR) is 97.4 cm³/mol. The van der Waals surface area contributed by atoms with Crippen molar-refractivity contribution in [2.75, 3.05) is 7.11 Å². The molecule has 1 amide bonds. The van der Waals surface area contributed by atoms with E-state index in [1.54, 1.807) is 24.3 Å². The number of halogens is 2. The Kier molecular flexibility index (Phi) is 7.00. The lowest BCUT2D eigenvalue weighted by molar-refractivity contribution is -0.129. The van der Waals surface area contributed by atoms with Gasteiger partial charge in [0.25, 0.3) is 0 Å². The third kappa shape index (κ3) is 5.19. The first kappa shape index (κ1) is 20.2. The van der Waals surface area contributed by atoms with Crippen molar-refractivity contribution in [3.8, 4) is 11.5 Å². The second-order valence-electron chi connectivity index (χ2n) is 6.72. The highest BCUT2D eigenvalue weighted by Crippen LogP contribution is 2.32. The number of alkyl halides is 2. The molecule has 0 N–H and O–H groups in total. The number of ether oxygens (including phenoxy) is 2. The fraction of sp³-hybridized carbons (Fsp3) is 0.550. The first-order chi connectivity index (χ1) is 12.4. The van der Waals surface area contributed by atoms with Gasteiger partial charge in [0.05, 0.1) is 7.11 Å². The van der Waals surface area contributed by atoms with E-state index >= 15 is 0 Å². The van der Waals surface area contributed by atoms with Gasteiger partial charge in [-0.15, -0.1) is 0 Å². The Morgan fingerprint density at radius 2 is 2.00 bits per heavy atom. The summed E-state index contributed by atoms with van der Waals surface area (Å²) < 4.78 is 34.3. The molecule has 6 heteroatoms. The van der Waals surface area contributed by atoms with Gasteiger partial charge < -0.3 is 14.4 Å². The van der Waals surface area contributed by atoms with Gasteiger partial charge in [0, 0.05) is 18.2 Å². The summed E-state index contributed by atoms with van der Waals surface area (Å²) in [4.78, 5) is 14.7. The van der Waals surface area contributed by atoms with E-state index in [0.717, 1.165) is 19.3 Å². The first-order valence-electron chi connectivity index (χ1n) is 9.00. The van der Waals surface area contributed by atoms with Gasteiger partial charge in [0.2, 0.25) is 5.91 Å². The highest BCUT2D eigenvalue weighted by molar-refractivity contribution is 5.92. The summed E-state index contributed by atoms with van der Waals surface area (Å²) in [5.74, 6) is 0.578. The van der Waals surface area contributed by atoms with Crippen molar-refractivity contribution in [2.24, 2.45) is 5.92 Å². The van der Waals surface area contributed by atoms with Gasteiger partial charge in [-0.05, 0) is 49.5 Å². The molecule has 1 fully saturated rings. The number of rotatable bonds is 9. The van der Waals surface area contributed by atoms with E-state index in [4.69, 9.17) is 4.74 Å². The first-order valence-corrected chi connectivity index (χ1v) is 9.00. The van der Waals surface area contributed by atoms with Crippen LogP contribution in [0.25, 0.3) is 6.08 Å². The highest BCUT2D eigenvalue weighted by Gasteiger charge is 2.36. The van der Waals surface area contributed by atoms with Crippen LogP contribution in [-0.2, 0) is 4.79 Å². The molecule has 1 saturated carbocycles. The molecule has 1 aliphatic carbocycles. The second-order valence-corrected chi connectivity index (χ2v) is 6.72. The van der Waals surface area contributed by atoms with Gasteiger partial charge in [-0.3, -0.25) is 4.79 Å². The van der Waals surface area contributed by atoms with Crippen LogP contribution in [0, 0.1) is 5.92 Å². The van der Waals surface area contributed by atoms with Crippen molar-refractivity contribution in [2.45, 2.75) is 58.7 Å². The molecule has 0 heterocycles. The van der Waals surface area contributed by atoms with E-state index in [1.807, 2.05) is 4.90 Å². The van der Waals surface area contributed by atoms with E-state index in [2.05, 4.69) is 25.5 Å². The Labute approximate surface area is 153 Å². The van der Waals surface area contributed by atoms with Gasteiger partial charge in [0.15, 0.2) is 11.5 Å². The molecule has 0 radical (unpaired) electrons. The van der Waals surface area contributed by atoms with Crippen molar-refractivity contribution < 1.29 is 23.0 Å². The second kappa shape index (κ2) is 9.01. The molecule has 1 aromatic rings. The molecule has 2 atom stereocenters. The van der Waals surface area contributed by atoms with E-state index < -0.39 is 6.61 Å². The van der Waals surface area contributed by atoms with Crippen molar-refractivity contribution in [1.82, 2.24) is 4.90 Å². The molecule has 0 aliphatic heterocycles. The van der Waals surface area contributed by atoms with Crippen molar-refractivity contribution in [1.29, 1.82) is 0 Å². The quantitative estimate of drug-likeness (QED) is 0.592. The number of carbonyl (C=O) groups is 1. The van der Waals surface area contributed by atoms with Crippen LogP contribution >= 0.6 is 0 Å². The van der Waals surface area contributed by atoms with E-state index in [1.165, 1.54) is 13.2 Å². The zero-order valence-corrected chi connectivity index (χ0v) is 15.7. The summed E-state index contributed by atoms with van der Waals surface area (Å²) in [6, 6.07) is 5.11. The Morgan fingerprint density at radius 1 is 1.31 bits per heavy atom. The molecule has 26 heavy (non-hydrogen) atoms. The number of hydrogen-bond donors (Lipinski definition) is 0. The van der Waals surface area contributed by atoms with Gasteiger partial charge in [-0.1, -0.05) is 26.3 Å². The van der Waals surface area contributed by atoms with Crippen LogP contribution in [0.2, 0.25) is 0 Å². The van der Waals surface area contributed by atoms with E-state index in [9.17, 15) is 13.6 Å². The molecular formula is C20H27F2NO3. The van der Waals surface area contributed by atoms with E-state index in [0.29, 0.717) is 17.5 Å². The van der Waals surface area contributed by atoms with Crippen LogP contribution in [0.3, 0.4) is 0 Å². The SMILES string of the molecule is CCC(C)C(C)N(C(=O)C=Cc1ccc(OC(F)F)c(OC)c1)C1CC1. The normalized spacial score (nSPS) is 16.6. The average Bonchev–Trinajstić information content (AvgIpc) is 3.44.